The highest BCUT2D eigenvalue weighted by Gasteiger charge is 2.23. The van der Waals surface area contributed by atoms with Gasteiger partial charge in [-0.3, -0.25) is 0 Å². The van der Waals surface area contributed by atoms with Gasteiger partial charge in [-0.1, -0.05) is 12.1 Å². The number of anilines is 1. The summed E-state index contributed by atoms with van der Waals surface area (Å²) in [6, 6.07) is 9.77. The molecule has 2 rings (SSSR count). The van der Waals surface area contributed by atoms with Gasteiger partial charge in [-0.05, 0) is 12.1 Å². The molecule has 1 atom stereocenters. The number of ether oxygens (including phenoxy) is 1. The lowest BCUT2D eigenvalue weighted by molar-refractivity contribution is 0.289. The molecule has 66 valence electrons. The third-order valence-corrected chi connectivity index (χ3v) is 2.26. The van der Waals surface area contributed by atoms with Crippen LogP contribution in [0.25, 0.3) is 0 Å². The maximum Gasteiger partial charge on any atom is 0.151 e. The molecule has 0 saturated heterocycles. The second-order valence-electron chi connectivity index (χ2n) is 3.03. The number of rotatable bonds is 0. The Morgan fingerprint density at radius 2 is 2.31 bits per heavy atom. The van der Waals surface area contributed by atoms with Crippen molar-refractivity contribution in [3.8, 4) is 11.8 Å². The van der Waals surface area contributed by atoms with E-state index in [1.54, 1.807) is 0 Å². The molecule has 1 aromatic carbocycles. The van der Waals surface area contributed by atoms with Crippen molar-refractivity contribution in [2.24, 2.45) is 0 Å². The van der Waals surface area contributed by atoms with E-state index >= 15 is 0 Å². The van der Waals surface area contributed by atoms with E-state index in [9.17, 15) is 0 Å². The van der Waals surface area contributed by atoms with Gasteiger partial charge in [-0.15, -0.1) is 0 Å². The van der Waals surface area contributed by atoms with E-state index in [2.05, 4.69) is 6.07 Å². The van der Waals surface area contributed by atoms with Crippen molar-refractivity contribution in [1.29, 1.82) is 5.26 Å². The lowest BCUT2D eigenvalue weighted by Gasteiger charge is -2.31. The molecule has 3 heteroatoms. The summed E-state index contributed by atoms with van der Waals surface area (Å²) in [4.78, 5) is 1.94. The van der Waals surface area contributed by atoms with Crippen molar-refractivity contribution in [3.63, 3.8) is 0 Å². The molecule has 0 radical (unpaired) electrons. The first kappa shape index (κ1) is 7.93. The van der Waals surface area contributed by atoms with Gasteiger partial charge in [0.2, 0.25) is 0 Å². The maximum absolute atomic E-state index is 8.82. The molecule has 1 heterocycles. The first-order chi connectivity index (χ1) is 6.33. The van der Waals surface area contributed by atoms with E-state index < -0.39 is 0 Å². The van der Waals surface area contributed by atoms with Gasteiger partial charge in [0.15, 0.2) is 6.04 Å². The Hall–Kier alpha value is -1.69. The molecule has 1 unspecified atom stereocenters. The zero-order valence-corrected chi connectivity index (χ0v) is 7.40. The molecule has 0 aromatic heterocycles. The fourth-order valence-electron chi connectivity index (χ4n) is 1.44. The molecule has 0 saturated carbocycles. The number of hydrogen-bond donors (Lipinski definition) is 0. The molecule has 0 N–H and O–H groups in total. The Labute approximate surface area is 77.2 Å². The van der Waals surface area contributed by atoms with Crippen molar-refractivity contribution < 1.29 is 4.74 Å². The van der Waals surface area contributed by atoms with Crippen LogP contribution in [0.5, 0.6) is 5.75 Å². The summed E-state index contributed by atoms with van der Waals surface area (Å²) in [5.41, 5.74) is 0.986. The van der Waals surface area contributed by atoms with Crippen LogP contribution in [0.1, 0.15) is 0 Å². The third-order valence-electron chi connectivity index (χ3n) is 2.26. The highest BCUT2D eigenvalue weighted by atomic mass is 16.5. The Kier molecular flexibility index (Phi) is 1.82. The standard InChI is InChI=1S/C10H10N2O/c1-12-8(6-11)7-13-10-5-3-2-4-9(10)12/h2-5,8H,7H2,1H3. The van der Waals surface area contributed by atoms with Crippen LogP contribution in [-0.4, -0.2) is 19.7 Å². The quantitative estimate of drug-likeness (QED) is 0.596. The van der Waals surface area contributed by atoms with Gasteiger partial charge in [-0.2, -0.15) is 5.26 Å². The first-order valence-electron chi connectivity index (χ1n) is 4.17. The van der Waals surface area contributed by atoms with Crippen molar-refractivity contribution in [2.45, 2.75) is 6.04 Å². The molecule has 0 spiro atoms. The summed E-state index contributed by atoms with van der Waals surface area (Å²) >= 11 is 0. The highest BCUT2D eigenvalue weighted by Crippen LogP contribution is 2.31. The van der Waals surface area contributed by atoms with E-state index in [1.807, 2.05) is 36.2 Å². The van der Waals surface area contributed by atoms with Crippen molar-refractivity contribution in [1.82, 2.24) is 0 Å². The first-order valence-corrected chi connectivity index (χ1v) is 4.17. The Morgan fingerprint density at radius 3 is 3.08 bits per heavy atom. The average Bonchev–Trinajstić information content (AvgIpc) is 2.19. The molecule has 1 aliphatic heterocycles. The molecular formula is C10H10N2O. The number of hydrogen-bond acceptors (Lipinski definition) is 3. The monoisotopic (exact) mass is 174 g/mol. The van der Waals surface area contributed by atoms with E-state index in [4.69, 9.17) is 10.00 Å². The summed E-state index contributed by atoms with van der Waals surface area (Å²) < 4.78 is 5.43. The van der Waals surface area contributed by atoms with Crippen molar-refractivity contribution in [2.75, 3.05) is 18.6 Å². The summed E-state index contributed by atoms with van der Waals surface area (Å²) in [6.07, 6.45) is 0. The fraction of sp³-hybridized carbons (Fsp3) is 0.300. The number of nitriles is 1. The van der Waals surface area contributed by atoms with E-state index in [1.165, 1.54) is 0 Å². The van der Waals surface area contributed by atoms with Crippen LogP contribution in [0.4, 0.5) is 5.69 Å². The molecule has 0 aliphatic carbocycles. The van der Waals surface area contributed by atoms with E-state index in [0.717, 1.165) is 11.4 Å². The Balaban J connectivity index is 2.40. The molecular weight excluding hydrogens is 164 g/mol. The van der Waals surface area contributed by atoms with Crippen LogP contribution in [0.15, 0.2) is 24.3 Å². The number of nitrogens with zero attached hydrogens (tertiary/aromatic N) is 2. The normalized spacial score (nSPS) is 20.0. The van der Waals surface area contributed by atoms with Gasteiger partial charge < -0.3 is 9.64 Å². The minimum atomic E-state index is -0.171. The minimum Gasteiger partial charge on any atom is -0.488 e. The SMILES string of the molecule is CN1c2ccccc2OCC1C#N. The van der Waals surface area contributed by atoms with Gasteiger partial charge in [0.1, 0.15) is 12.4 Å². The molecule has 1 aromatic rings. The van der Waals surface area contributed by atoms with E-state index in [-0.39, 0.29) is 6.04 Å². The number of para-hydroxylation sites is 2. The topological polar surface area (TPSA) is 36.3 Å². The smallest absolute Gasteiger partial charge is 0.151 e. The van der Waals surface area contributed by atoms with Crippen molar-refractivity contribution in [3.05, 3.63) is 24.3 Å². The molecule has 0 amide bonds. The summed E-state index contributed by atoms with van der Waals surface area (Å²) in [6.45, 7) is 0.448. The third kappa shape index (κ3) is 1.20. The Bertz CT molecular complexity index is 356. The molecule has 0 bridgehead atoms. The average molecular weight is 174 g/mol. The number of benzene rings is 1. The summed E-state index contributed by atoms with van der Waals surface area (Å²) in [5, 5.41) is 8.82. The van der Waals surface area contributed by atoms with Gasteiger partial charge in [0.05, 0.1) is 11.8 Å². The molecule has 0 fully saturated rings. The molecule has 13 heavy (non-hydrogen) atoms. The van der Waals surface area contributed by atoms with Crippen LogP contribution in [-0.2, 0) is 0 Å². The highest BCUT2D eigenvalue weighted by molar-refractivity contribution is 5.60. The summed E-state index contributed by atoms with van der Waals surface area (Å²) in [7, 11) is 1.91. The molecule has 1 aliphatic rings. The van der Waals surface area contributed by atoms with Crippen LogP contribution in [0.3, 0.4) is 0 Å². The lowest BCUT2D eigenvalue weighted by atomic mass is 10.2. The van der Waals surface area contributed by atoms with Gasteiger partial charge in [0, 0.05) is 7.05 Å². The zero-order valence-electron chi connectivity index (χ0n) is 7.40. The van der Waals surface area contributed by atoms with Crippen LogP contribution in [0.2, 0.25) is 0 Å². The maximum atomic E-state index is 8.82. The van der Waals surface area contributed by atoms with Crippen LogP contribution < -0.4 is 9.64 Å². The Morgan fingerprint density at radius 1 is 1.54 bits per heavy atom. The minimum absolute atomic E-state index is 0.171. The van der Waals surface area contributed by atoms with E-state index in [0.29, 0.717) is 6.61 Å². The van der Waals surface area contributed by atoms with Crippen molar-refractivity contribution >= 4 is 5.69 Å². The predicted molar refractivity (Wildman–Crippen MR) is 49.7 cm³/mol. The predicted octanol–water partition coefficient (Wildman–Crippen LogP) is 1.41. The molecule has 3 nitrogen and oxygen atoms in total. The zero-order chi connectivity index (χ0) is 9.26. The second kappa shape index (κ2) is 2.98. The number of fused-ring (bicyclic) bond motifs is 1. The van der Waals surface area contributed by atoms with Crippen LogP contribution in [0, 0.1) is 11.3 Å². The van der Waals surface area contributed by atoms with Crippen LogP contribution >= 0.6 is 0 Å². The summed E-state index contributed by atoms with van der Waals surface area (Å²) in [5.74, 6) is 0.858. The van der Waals surface area contributed by atoms with Gasteiger partial charge in [0.25, 0.3) is 0 Å². The largest absolute Gasteiger partial charge is 0.488 e. The van der Waals surface area contributed by atoms with Gasteiger partial charge in [-0.25, -0.2) is 0 Å². The number of likely N-dealkylation sites (N-methyl/N-ethyl adjacent to an activating group) is 1. The second-order valence-corrected chi connectivity index (χ2v) is 3.03. The lowest BCUT2D eigenvalue weighted by Crippen LogP contribution is -2.39. The van der Waals surface area contributed by atoms with Gasteiger partial charge >= 0.3 is 0 Å². The fourth-order valence-corrected chi connectivity index (χ4v) is 1.44.